The molecule has 6 heteroatoms. The van der Waals surface area contributed by atoms with E-state index in [9.17, 15) is 4.79 Å². The fourth-order valence-corrected chi connectivity index (χ4v) is 2.51. The van der Waals surface area contributed by atoms with Crippen LogP contribution in [0.5, 0.6) is 0 Å². The summed E-state index contributed by atoms with van der Waals surface area (Å²) < 4.78 is 5.20. The largest absolute Gasteiger partial charge is 0.360 e. The maximum atomic E-state index is 12.6. The molecule has 0 fully saturated rings. The molecule has 0 N–H and O–H groups in total. The van der Waals surface area contributed by atoms with E-state index in [2.05, 4.69) is 5.16 Å². The number of halogens is 2. The molecule has 0 unspecified atom stereocenters. The molecule has 0 aliphatic carbocycles. The summed E-state index contributed by atoms with van der Waals surface area (Å²) in [4.78, 5) is 14.2. The second kappa shape index (κ2) is 6.08. The second-order valence-corrected chi connectivity index (χ2v) is 5.88. The molecular weight excluding hydrogens is 311 g/mol. The topological polar surface area (TPSA) is 46.3 Å². The lowest BCUT2D eigenvalue weighted by Crippen LogP contribution is -2.33. The molecule has 112 valence electrons. The summed E-state index contributed by atoms with van der Waals surface area (Å²) in [6, 6.07) is 5.20. The molecule has 2 aromatic rings. The molecule has 0 aliphatic heterocycles. The zero-order chi connectivity index (χ0) is 15.7. The van der Waals surface area contributed by atoms with Crippen LogP contribution in [0.1, 0.15) is 30.0 Å². The third-order valence-corrected chi connectivity index (χ3v) is 4.00. The van der Waals surface area contributed by atoms with Gasteiger partial charge in [0.25, 0.3) is 5.91 Å². The van der Waals surface area contributed by atoms with Crippen molar-refractivity contribution in [3.63, 3.8) is 0 Å². The Kier molecular flexibility index (Phi) is 4.59. The molecule has 0 radical (unpaired) electrons. The number of rotatable bonds is 3. The molecule has 1 heterocycles. The average Bonchev–Trinajstić information content (AvgIpc) is 2.78. The fraction of sp³-hybridized carbons (Fsp3) is 0.333. The monoisotopic (exact) mass is 326 g/mol. The number of aromatic nitrogens is 1. The Balaban J connectivity index is 2.61. The molecule has 0 bridgehead atoms. The van der Waals surface area contributed by atoms with Crippen molar-refractivity contribution < 1.29 is 9.32 Å². The van der Waals surface area contributed by atoms with Crippen molar-refractivity contribution in [3.05, 3.63) is 39.6 Å². The van der Waals surface area contributed by atoms with E-state index in [0.717, 1.165) is 0 Å². The van der Waals surface area contributed by atoms with Gasteiger partial charge in [-0.1, -0.05) is 34.4 Å². The minimum atomic E-state index is -0.172. The SMILES string of the molecule is Cc1onc(-c2c(Cl)cccc2Cl)c1C(=O)N(C)C(C)C. The van der Waals surface area contributed by atoms with Gasteiger partial charge in [0.1, 0.15) is 17.0 Å². The number of nitrogens with zero attached hydrogens (tertiary/aromatic N) is 2. The van der Waals surface area contributed by atoms with E-state index >= 15 is 0 Å². The summed E-state index contributed by atoms with van der Waals surface area (Å²) in [6.45, 7) is 5.56. The van der Waals surface area contributed by atoms with Crippen molar-refractivity contribution in [2.75, 3.05) is 7.05 Å². The Hall–Kier alpha value is -1.52. The van der Waals surface area contributed by atoms with E-state index in [4.69, 9.17) is 27.7 Å². The number of benzene rings is 1. The smallest absolute Gasteiger partial charge is 0.259 e. The van der Waals surface area contributed by atoms with Crippen LogP contribution in [0, 0.1) is 6.92 Å². The van der Waals surface area contributed by atoms with Gasteiger partial charge in [-0.3, -0.25) is 4.79 Å². The molecule has 1 aromatic carbocycles. The van der Waals surface area contributed by atoms with Crippen LogP contribution in [0.3, 0.4) is 0 Å². The Morgan fingerprint density at radius 1 is 1.29 bits per heavy atom. The lowest BCUT2D eigenvalue weighted by atomic mass is 10.0. The highest BCUT2D eigenvalue weighted by molar-refractivity contribution is 6.39. The molecule has 0 spiro atoms. The van der Waals surface area contributed by atoms with Gasteiger partial charge in [-0.25, -0.2) is 0 Å². The van der Waals surface area contributed by atoms with Crippen LogP contribution in [0.4, 0.5) is 0 Å². The minimum Gasteiger partial charge on any atom is -0.360 e. The molecule has 0 saturated heterocycles. The van der Waals surface area contributed by atoms with E-state index in [1.165, 1.54) is 0 Å². The van der Waals surface area contributed by atoms with E-state index in [-0.39, 0.29) is 11.9 Å². The third kappa shape index (κ3) is 2.92. The molecule has 21 heavy (non-hydrogen) atoms. The van der Waals surface area contributed by atoms with Crippen LogP contribution in [-0.4, -0.2) is 29.1 Å². The first-order valence-electron chi connectivity index (χ1n) is 6.52. The summed E-state index contributed by atoms with van der Waals surface area (Å²) in [6.07, 6.45) is 0. The predicted molar refractivity (Wildman–Crippen MR) is 83.9 cm³/mol. The lowest BCUT2D eigenvalue weighted by molar-refractivity contribution is 0.0754. The molecule has 0 aliphatic rings. The van der Waals surface area contributed by atoms with Gasteiger partial charge in [-0.05, 0) is 32.9 Å². The third-order valence-electron chi connectivity index (χ3n) is 3.37. The number of carbonyl (C=O) groups excluding carboxylic acids is 1. The first kappa shape index (κ1) is 15.9. The van der Waals surface area contributed by atoms with Gasteiger partial charge in [0.05, 0.1) is 10.0 Å². The Labute approximate surface area is 133 Å². The number of carbonyl (C=O) groups is 1. The minimum absolute atomic E-state index is 0.0568. The second-order valence-electron chi connectivity index (χ2n) is 5.07. The Bertz CT molecular complexity index is 660. The van der Waals surface area contributed by atoms with E-state index in [0.29, 0.717) is 32.6 Å². The zero-order valence-electron chi connectivity index (χ0n) is 12.3. The van der Waals surface area contributed by atoms with Crippen LogP contribution in [0.15, 0.2) is 22.7 Å². The summed E-state index contributed by atoms with van der Waals surface area (Å²) in [5.74, 6) is 0.272. The van der Waals surface area contributed by atoms with Gasteiger partial charge in [-0.15, -0.1) is 0 Å². The number of aryl methyl sites for hydroxylation is 1. The van der Waals surface area contributed by atoms with Gasteiger partial charge in [0.15, 0.2) is 0 Å². The summed E-state index contributed by atoms with van der Waals surface area (Å²) in [7, 11) is 1.73. The maximum Gasteiger partial charge on any atom is 0.259 e. The van der Waals surface area contributed by atoms with Crippen LogP contribution < -0.4 is 0 Å². The highest BCUT2D eigenvalue weighted by atomic mass is 35.5. The molecular formula is C15H16Cl2N2O2. The van der Waals surface area contributed by atoms with Crippen molar-refractivity contribution in [1.29, 1.82) is 0 Å². The number of hydrogen-bond donors (Lipinski definition) is 0. The number of hydrogen-bond acceptors (Lipinski definition) is 3. The van der Waals surface area contributed by atoms with Crippen molar-refractivity contribution in [3.8, 4) is 11.3 Å². The highest BCUT2D eigenvalue weighted by Gasteiger charge is 2.27. The maximum absolute atomic E-state index is 12.6. The summed E-state index contributed by atoms with van der Waals surface area (Å²) in [5.41, 5.74) is 1.28. The van der Waals surface area contributed by atoms with E-state index in [1.54, 1.807) is 37.1 Å². The van der Waals surface area contributed by atoms with Gasteiger partial charge in [-0.2, -0.15) is 0 Å². The quantitative estimate of drug-likeness (QED) is 0.837. The van der Waals surface area contributed by atoms with Gasteiger partial charge in [0, 0.05) is 18.7 Å². The molecule has 1 aromatic heterocycles. The highest BCUT2D eigenvalue weighted by Crippen LogP contribution is 2.37. The molecule has 0 saturated carbocycles. The zero-order valence-corrected chi connectivity index (χ0v) is 13.8. The summed E-state index contributed by atoms with van der Waals surface area (Å²) >= 11 is 12.4. The number of amides is 1. The van der Waals surface area contributed by atoms with Crippen molar-refractivity contribution in [2.24, 2.45) is 0 Å². The first-order valence-corrected chi connectivity index (χ1v) is 7.28. The van der Waals surface area contributed by atoms with Crippen molar-refractivity contribution >= 4 is 29.1 Å². The normalized spacial score (nSPS) is 11.0. The van der Waals surface area contributed by atoms with Crippen LogP contribution in [0.2, 0.25) is 10.0 Å². The van der Waals surface area contributed by atoms with Crippen LogP contribution in [0.25, 0.3) is 11.3 Å². The van der Waals surface area contributed by atoms with E-state index < -0.39 is 0 Å². The molecule has 1 amide bonds. The first-order chi connectivity index (χ1) is 9.84. The van der Waals surface area contributed by atoms with Gasteiger partial charge < -0.3 is 9.42 Å². The Morgan fingerprint density at radius 3 is 2.38 bits per heavy atom. The van der Waals surface area contributed by atoms with Crippen molar-refractivity contribution in [2.45, 2.75) is 26.8 Å². The van der Waals surface area contributed by atoms with Gasteiger partial charge >= 0.3 is 0 Å². The van der Waals surface area contributed by atoms with Crippen LogP contribution in [-0.2, 0) is 0 Å². The standard InChI is InChI=1S/C15H16Cl2N2O2/c1-8(2)19(4)15(20)12-9(3)21-18-14(12)13-10(16)6-5-7-11(13)17/h5-8H,1-4H3. The lowest BCUT2D eigenvalue weighted by Gasteiger charge is -2.21. The van der Waals surface area contributed by atoms with Crippen molar-refractivity contribution in [1.82, 2.24) is 10.1 Å². The fourth-order valence-electron chi connectivity index (χ4n) is 1.93. The summed E-state index contributed by atoms with van der Waals surface area (Å²) in [5, 5.41) is 4.83. The molecule has 0 atom stereocenters. The van der Waals surface area contributed by atoms with Gasteiger partial charge in [0.2, 0.25) is 0 Å². The Morgan fingerprint density at radius 2 is 1.86 bits per heavy atom. The average molecular weight is 327 g/mol. The predicted octanol–water partition coefficient (Wildman–Crippen LogP) is 4.44. The molecule has 2 rings (SSSR count). The van der Waals surface area contributed by atoms with Crippen LogP contribution >= 0.6 is 23.2 Å². The van der Waals surface area contributed by atoms with E-state index in [1.807, 2.05) is 13.8 Å². The molecule has 4 nitrogen and oxygen atoms in total.